The SMILES string of the molecule is Cc1nc(NCc2cnn(Cc3ccc(C(C)(C)C)nc3)c2)nc2c1NC(=O)C(C(C)C)N2C. The van der Waals surface area contributed by atoms with Crippen molar-refractivity contribution >= 4 is 23.4 Å². The Morgan fingerprint density at radius 1 is 1.15 bits per heavy atom. The first kappa shape index (κ1) is 23.7. The predicted molar refractivity (Wildman–Crippen MR) is 134 cm³/mol. The van der Waals surface area contributed by atoms with Crippen LogP contribution in [-0.4, -0.2) is 43.7 Å². The highest BCUT2D eigenvalue weighted by Crippen LogP contribution is 2.34. The Morgan fingerprint density at radius 3 is 2.56 bits per heavy atom. The third kappa shape index (κ3) is 4.88. The lowest BCUT2D eigenvalue weighted by atomic mass is 9.91. The van der Waals surface area contributed by atoms with E-state index in [1.807, 2.05) is 56.0 Å². The van der Waals surface area contributed by atoms with Gasteiger partial charge in [-0.1, -0.05) is 40.7 Å². The fraction of sp³-hybridized carbons (Fsp3) is 0.480. The van der Waals surface area contributed by atoms with E-state index in [4.69, 9.17) is 4.98 Å². The normalized spacial score (nSPS) is 15.9. The molecule has 1 atom stereocenters. The number of hydrogen-bond donors (Lipinski definition) is 2. The maximum Gasteiger partial charge on any atom is 0.247 e. The topological polar surface area (TPSA) is 101 Å². The number of carbonyl (C=O) groups is 1. The van der Waals surface area contributed by atoms with E-state index in [2.05, 4.69) is 58.6 Å². The monoisotopic (exact) mass is 462 g/mol. The predicted octanol–water partition coefficient (Wildman–Crippen LogP) is 3.75. The second kappa shape index (κ2) is 9.04. The number of nitrogens with zero attached hydrogens (tertiary/aromatic N) is 6. The summed E-state index contributed by atoms with van der Waals surface area (Å²) in [5.41, 5.74) is 4.66. The minimum absolute atomic E-state index is 0.0203. The largest absolute Gasteiger partial charge is 0.350 e. The van der Waals surface area contributed by atoms with Crippen LogP contribution < -0.4 is 15.5 Å². The first-order chi connectivity index (χ1) is 16.0. The number of rotatable bonds is 6. The van der Waals surface area contributed by atoms with Gasteiger partial charge in [-0.15, -0.1) is 0 Å². The molecule has 0 spiro atoms. The molecule has 0 aromatic carbocycles. The molecule has 0 saturated carbocycles. The Labute approximate surface area is 201 Å². The van der Waals surface area contributed by atoms with E-state index in [1.165, 1.54) is 0 Å². The first-order valence-corrected chi connectivity index (χ1v) is 11.7. The highest BCUT2D eigenvalue weighted by molar-refractivity contribution is 6.03. The van der Waals surface area contributed by atoms with E-state index < -0.39 is 0 Å². The zero-order chi connectivity index (χ0) is 24.6. The molecule has 1 amide bonds. The van der Waals surface area contributed by atoms with Gasteiger partial charge in [-0.05, 0) is 24.5 Å². The summed E-state index contributed by atoms with van der Waals surface area (Å²) in [6.07, 6.45) is 5.77. The highest BCUT2D eigenvalue weighted by atomic mass is 16.2. The van der Waals surface area contributed by atoms with Crippen molar-refractivity contribution < 1.29 is 4.79 Å². The number of aromatic nitrogens is 5. The van der Waals surface area contributed by atoms with Gasteiger partial charge in [0.2, 0.25) is 11.9 Å². The minimum atomic E-state index is -0.264. The van der Waals surface area contributed by atoms with E-state index >= 15 is 0 Å². The van der Waals surface area contributed by atoms with Crippen LogP contribution in [0.3, 0.4) is 0 Å². The Balaban J connectivity index is 1.43. The van der Waals surface area contributed by atoms with Crippen LogP contribution in [-0.2, 0) is 23.3 Å². The number of pyridine rings is 1. The molecule has 0 radical (unpaired) electrons. The summed E-state index contributed by atoms with van der Waals surface area (Å²) in [5, 5.41) is 10.8. The number of anilines is 3. The van der Waals surface area contributed by atoms with Gasteiger partial charge in [-0.3, -0.25) is 14.5 Å². The summed E-state index contributed by atoms with van der Waals surface area (Å²) in [4.78, 5) is 28.3. The summed E-state index contributed by atoms with van der Waals surface area (Å²) in [7, 11) is 1.91. The molecule has 9 heteroatoms. The maximum absolute atomic E-state index is 12.5. The zero-order valence-electron chi connectivity index (χ0n) is 21.0. The molecule has 2 N–H and O–H groups in total. The van der Waals surface area contributed by atoms with E-state index in [0.717, 1.165) is 28.3 Å². The van der Waals surface area contributed by atoms with Crippen molar-refractivity contribution in [2.24, 2.45) is 5.92 Å². The van der Waals surface area contributed by atoms with Crippen molar-refractivity contribution in [1.29, 1.82) is 0 Å². The van der Waals surface area contributed by atoms with Gasteiger partial charge in [-0.25, -0.2) is 4.98 Å². The van der Waals surface area contributed by atoms with Crippen LogP contribution in [0.15, 0.2) is 30.7 Å². The number of nitrogens with one attached hydrogen (secondary N) is 2. The van der Waals surface area contributed by atoms with E-state index in [1.54, 1.807) is 0 Å². The number of likely N-dealkylation sites (N-methyl/N-ethyl adjacent to an activating group) is 1. The molecule has 3 aromatic heterocycles. The molecule has 180 valence electrons. The number of amides is 1. The number of hydrogen-bond acceptors (Lipinski definition) is 7. The molecular formula is C25H34N8O. The van der Waals surface area contributed by atoms with Crippen molar-refractivity contribution in [1.82, 2.24) is 24.7 Å². The quantitative estimate of drug-likeness (QED) is 0.575. The Bertz CT molecular complexity index is 1180. The van der Waals surface area contributed by atoms with Crippen molar-refractivity contribution in [2.45, 2.75) is 66.1 Å². The molecule has 4 rings (SSSR count). The summed E-state index contributed by atoms with van der Waals surface area (Å²) in [6, 6.07) is 3.93. The van der Waals surface area contributed by atoms with E-state index in [9.17, 15) is 4.79 Å². The molecule has 1 aliphatic heterocycles. The molecule has 4 heterocycles. The molecular weight excluding hydrogens is 428 g/mol. The van der Waals surface area contributed by atoms with Crippen molar-refractivity contribution in [3.05, 3.63) is 53.2 Å². The van der Waals surface area contributed by atoms with Crippen molar-refractivity contribution in [3.8, 4) is 0 Å². The molecule has 9 nitrogen and oxygen atoms in total. The Morgan fingerprint density at radius 2 is 1.91 bits per heavy atom. The lowest BCUT2D eigenvalue weighted by molar-refractivity contribution is -0.118. The molecule has 1 unspecified atom stereocenters. The van der Waals surface area contributed by atoms with Gasteiger partial charge in [0.1, 0.15) is 11.7 Å². The van der Waals surface area contributed by atoms with Gasteiger partial charge in [0.25, 0.3) is 0 Å². The van der Waals surface area contributed by atoms with Crippen LogP contribution in [0.2, 0.25) is 0 Å². The average Bonchev–Trinajstić information content (AvgIpc) is 3.20. The van der Waals surface area contributed by atoms with E-state index in [0.29, 0.717) is 24.7 Å². The lowest BCUT2D eigenvalue weighted by Crippen LogP contribution is -2.49. The van der Waals surface area contributed by atoms with Crippen LogP contribution in [0.1, 0.15) is 57.1 Å². The highest BCUT2D eigenvalue weighted by Gasteiger charge is 2.35. The second-order valence-electron chi connectivity index (χ2n) is 10.3. The lowest BCUT2D eigenvalue weighted by Gasteiger charge is -2.36. The molecule has 1 aliphatic rings. The van der Waals surface area contributed by atoms with E-state index in [-0.39, 0.29) is 23.3 Å². The third-order valence-corrected chi connectivity index (χ3v) is 6.05. The zero-order valence-corrected chi connectivity index (χ0v) is 21.0. The summed E-state index contributed by atoms with van der Waals surface area (Å²) >= 11 is 0. The van der Waals surface area contributed by atoms with Crippen molar-refractivity contribution in [3.63, 3.8) is 0 Å². The van der Waals surface area contributed by atoms with Crippen LogP contribution in [0, 0.1) is 12.8 Å². The van der Waals surface area contributed by atoms with Gasteiger partial charge in [0.15, 0.2) is 5.82 Å². The van der Waals surface area contributed by atoms with Gasteiger partial charge in [-0.2, -0.15) is 10.1 Å². The Hall–Kier alpha value is -3.49. The van der Waals surface area contributed by atoms with Crippen LogP contribution in [0.4, 0.5) is 17.5 Å². The van der Waals surface area contributed by atoms with Crippen LogP contribution >= 0.6 is 0 Å². The first-order valence-electron chi connectivity index (χ1n) is 11.7. The molecule has 0 fully saturated rings. The maximum atomic E-state index is 12.5. The molecule has 0 bridgehead atoms. The fourth-order valence-corrected chi connectivity index (χ4v) is 4.21. The van der Waals surface area contributed by atoms with Crippen LogP contribution in [0.5, 0.6) is 0 Å². The molecule has 0 aliphatic carbocycles. The standard InChI is InChI=1S/C25H34N8O/c1-15(2)21-23(34)30-20-16(3)29-24(31-22(20)32(21)7)27-11-18-12-28-33(14-18)13-17-8-9-19(26-10-17)25(4,5)6/h8-10,12,14-15,21H,11,13H2,1-7H3,(H,30,34)(H,27,29,31). The van der Waals surface area contributed by atoms with Gasteiger partial charge < -0.3 is 15.5 Å². The second-order valence-corrected chi connectivity index (χ2v) is 10.3. The van der Waals surface area contributed by atoms with Gasteiger partial charge in [0.05, 0.1) is 18.4 Å². The smallest absolute Gasteiger partial charge is 0.247 e. The minimum Gasteiger partial charge on any atom is -0.350 e. The molecule has 3 aromatic rings. The van der Waals surface area contributed by atoms with Gasteiger partial charge in [0, 0.05) is 42.7 Å². The van der Waals surface area contributed by atoms with Gasteiger partial charge >= 0.3 is 0 Å². The summed E-state index contributed by atoms with van der Waals surface area (Å²) < 4.78 is 1.90. The number of aryl methyl sites for hydroxylation is 1. The number of fused-ring (bicyclic) bond motifs is 1. The summed E-state index contributed by atoms with van der Waals surface area (Å²) in [6.45, 7) is 13.6. The summed E-state index contributed by atoms with van der Waals surface area (Å²) in [5.74, 6) is 1.40. The van der Waals surface area contributed by atoms with Crippen molar-refractivity contribution in [2.75, 3.05) is 22.6 Å². The molecule has 34 heavy (non-hydrogen) atoms. The van der Waals surface area contributed by atoms with Crippen LogP contribution in [0.25, 0.3) is 0 Å². The molecule has 0 saturated heterocycles. The fourth-order valence-electron chi connectivity index (χ4n) is 4.21. The number of carbonyl (C=O) groups excluding carboxylic acids is 1. The Kier molecular flexibility index (Phi) is 6.29. The average molecular weight is 463 g/mol. The third-order valence-electron chi connectivity index (χ3n) is 6.05.